The summed E-state index contributed by atoms with van der Waals surface area (Å²) in [6, 6.07) is 5.76. The lowest BCUT2D eigenvalue weighted by molar-refractivity contribution is -0.138. The van der Waals surface area contributed by atoms with Gasteiger partial charge in [0.15, 0.2) is 0 Å². The zero-order chi connectivity index (χ0) is 12.8. The summed E-state index contributed by atoms with van der Waals surface area (Å²) in [6.07, 6.45) is 1.63. The van der Waals surface area contributed by atoms with E-state index in [1.807, 2.05) is 6.07 Å². The van der Waals surface area contributed by atoms with Crippen LogP contribution in [0.4, 0.5) is 0 Å². The standard InChI is InChI=1S/C12H15NO4/c13-10(12(16)17)6-2-4-8-3-1-5-9(7-8)11(14)15/h1,3,5,7,10H,2,4,6,13H2,(H,14,15)(H,16,17). The lowest BCUT2D eigenvalue weighted by Crippen LogP contribution is -2.29. The van der Waals surface area contributed by atoms with Crippen molar-refractivity contribution in [3.05, 3.63) is 35.4 Å². The summed E-state index contributed by atoms with van der Waals surface area (Å²) in [5.41, 5.74) is 6.48. The molecular weight excluding hydrogens is 222 g/mol. The van der Waals surface area contributed by atoms with Gasteiger partial charge in [-0.05, 0) is 37.0 Å². The van der Waals surface area contributed by atoms with Gasteiger partial charge < -0.3 is 15.9 Å². The van der Waals surface area contributed by atoms with Gasteiger partial charge in [-0.2, -0.15) is 0 Å². The summed E-state index contributed by atoms with van der Waals surface area (Å²) in [5.74, 6) is -1.97. The minimum atomic E-state index is -1.01. The predicted octanol–water partition coefficient (Wildman–Crippen LogP) is 1.12. The zero-order valence-corrected chi connectivity index (χ0v) is 9.30. The maximum absolute atomic E-state index is 10.7. The molecular formula is C12H15NO4. The Morgan fingerprint density at radius 3 is 2.59 bits per heavy atom. The van der Waals surface area contributed by atoms with Crippen molar-refractivity contribution in [3.63, 3.8) is 0 Å². The number of carbonyl (C=O) groups is 2. The van der Waals surface area contributed by atoms with Crippen LogP contribution in [0.2, 0.25) is 0 Å². The van der Waals surface area contributed by atoms with E-state index in [1.165, 1.54) is 6.07 Å². The molecule has 1 rings (SSSR count). The summed E-state index contributed by atoms with van der Waals surface area (Å²) in [7, 11) is 0. The zero-order valence-electron chi connectivity index (χ0n) is 9.30. The van der Waals surface area contributed by atoms with E-state index in [-0.39, 0.29) is 5.56 Å². The Morgan fingerprint density at radius 1 is 1.29 bits per heavy atom. The SMILES string of the molecule is NC(CCCc1cccc(C(=O)O)c1)C(=O)O. The van der Waals surface area contributed by atoms with E-state index in [0.717, 1.165) is 5.56 Å². The van der Waals surface area contributed by atoms with Gasteiger partial charge in [-0.25, -0.2) is 4.79 Å². The quantitative estimate of drug-likeness (QED) is 0.688. The number of carboxylic acid groups (broad SMARTS) is 2. The van der Waals surface area contributed by atoms with E-state index in [1.54, 1.807) is 12.1 Å². The second-order valence-electron chi connectivity index (χ2n) is 3.84. The molecule has 0 fully saturated rings. The maximum Gasteiger partial charge on any atom is 0.335 e. The van der Waals surface area contributed by atoms with Crippen molar-refractivity contribution in [2.45, 2.75) is 25.3 Å². The van der Waals surface area contributed by atoms with Crippen LogP contribution in [-0.4, -0.2) is 28.2 Å². The first-order valence-corrected chi connectivity index (χ1v) is 5.31. The van der Waals surface area contributed by atoms with E-state index in [4.69, 9.17) is 15.9 Å². The van der Waals surface area contributed by atoms with Crippen LogP contribution in [0.15, 0.2) is 24.3 Å². The first kappa shape index (κ1) is 13.2. The molecule has 0 spiro atoms. The predicted molar refractivity (Wildman–Crippen MR) is 62.0 cm³/mol. The van der Waals surface area contributed by atoms with Crippen LogP contribution in [-0.2, 0) is 11.2 Å². The molecule has 0 aliphatic heterocycles. The molecule has 0 bridgehead atoms. The summed E-state index contributed by atoms with van der Waals surface area (Å²) < 4.78 is 0. The van der Waals surface area contributed by atoms with Gasteiger partial charge in [-0.15, -0.1) is 0 Å². The molecule has 0 heterocycles. The van der Waals surface area contributed by atoms with Gasteiger partial charge >= 0.3 is 11.9 Å². The topological polar surface area (TPSA) is 101 Å². The largest absolute Gasteiger partial charge is 0.480 e. The number of aryl methyl sites for hydroxylation is 1. The third-order valence-electron chi connectivity index (χ3n) is 2.47. The van der Waals surface area contributed by atoms with Crippen LogP contribution < -0.4 is 5.73 Å². The third kappa shape index (κ3) is 4.24. The second-order valence-corrected chi connectivity index (χ2v) is 3.84. The number of nitrogens with two attached hydrogens (primary N) is 1. The molecule has 5 heteroatoms. The summed E-state index contributed by atoms with van der Waals surface area (Å²) in [6.45, 7) is 0. The normalized spacial score (nSPS) is 12.1. The Kier molecular flexibility index (Phi) is 4.66. The fraction of sp³-hybridized carbons (Fsp3) is 0.333. The van der Waals surface area contributed by atoms with Gasteiger partial charge in [0.05, 0.1) is 5.56 Å². The summed E-state index contributed by atoms with van der Waals surface area (Å²) >= 11 is 0. The smallest absolute Gasteiger partial charge is 0.335 e. The minimum absolute atomic E-state index is 0.241. The maximum atomic E-state index is 10.7. The highest BCUT2D eigenvalue weighted by atomic mass is 16.4. The van der Waals surface area contributed by atoms with Crippen LogP contribution >= 0.6 is 0 Å². The highest BCUT2D eigenvalue weighted by Gasteiger charge is 2.10. The van der Waals surface area contributed by atoms with Gasteiger partial charge in [0, 0.05) is 0 Å². The van der Waals surface area contributed by atoms with Crippen molar-refractivity contribution in [1.82, 2.24) is 0 Å². The number of hydrogen-bond acceptors (Lipinski definition) is 3. The van der Waals surface area contributed by atoms with E-state index in [2.05, 4.69) is 0 Å². The lowest BCUT2D eigenvalue weighted by atomic mass is 10.0. The van der Waals surface area contributed by atoms with E-state index in [9.17, 15) is 9.59 Å². The average molecular weight is 237 g/mol. The molecule has 1 atom stereocenters. The molecule has 17 heavy (non-hydrogen) atoms. The van der Waals surface area contributed by atoms with Crippen molar-refractivity contribution >= 4 is 11.9 Å². The van der Waals surface area contributed by atoms with Crippen molar-refractivity contribution in [2.24, 2.45) is 5.73 Å². The first-order valence-electron chi connectivity index (χ1n) is 5.31. The van der Waals surface area contributed by atoms with Crippen molar-refractivity contribution < 1.29 is 19.8 Å². The number of aromatic carboxylic acids is 1. The van der Waals surface area contributed by atoms with Crippen LogP contribution in [0.5, 0.6) is 0 Å². The lowest BCUT2D eigenvalue weighted by Gasteiger charge is -2.06. The Morgan fingerprint density at radius 2 is 2.00 bits per heavy atom. The highest BCUT2D eigenvalue weighted by Crippen LogP contribution is 2.09. The average Bonchev–Trinajstić information content (AvgIpc) is 2.29. The molecule has 1 aromatic rings. The minimum Gasteiger partial charge on any atom is -0.480 e. The number of aliphatic carboxylic acids is 1. The second kappa shape index (κ2) is 6.00. The summed E-state index contributed by atoms with van der Waals surface area (Å²) in [4.78, 5) is 21.2. The molecule has 0 aliphatic carbocycles. The monoisotopic (exact) mass is 237 g/mol. The van der Waals surface area contributed by atoms with Gasteiger partial charge in [0.2, 0.25) is 0 Å². The Labute approximate surface area is 98.9 Å². The fourth-order valence-electron chi connectivity index (χ4n) is 1.51. The van der Waals surface area contributed by atoms with Crippen LogP contribution in [0.3, 0.4) is 0 Å². The molecule has 0 radical (unpaired) electrons. The fourth-order valence-corrected chi connectivity index (χ4v) is 1.51. The van der Waals surface area contributed by atoms with Gasteiger partial charge in [0.25, 0.3) is 0 Å². The molecule has 0 amide bonds. The van der Waals surface area contributed by atoms with Gasteiger partial charge in [-0.3, -0.25) is 4.79 Å². The molecule has 0 saturated heterocycles. The number of rotatable bonds is 6. The Balaban J connectivity index is 2.49. The van der Waals surface area contributed by atoms with Crippen LogP contribution in [0.25, 0.3) is 0 Å². The van der Waals surface area contributed by atoms with Crippen molar-refractivity contribution in [1.29, 1.82) is 0 Å². The van der Waals surface area contributed by atoms with Crippen LogP contribution in [0.1, 0.15) is 28.8 Å². The van der Waals surface area contributed by atoms with E-state index in [0.29, 0.717) is 19.3 Å². The molecule has 0 saturated carbocycles. The highest BCUT2D eigenvalue weighted by molar-refractivity contribution is 5.87. The Hall–Kier alpha value is -1.88. The molecule has 5 nitrogen and oxygen atoms in total. The van der Waals surface area contributed by atoms with E-state index >= 15 is 0 Å². The first-order chi connectivity index (χ1) is 8.00. The number of benzene rings is 1. The molecule has 0 aliphatic rings. The van der Waals surface area contributed by atoms with Crippen LogP contribution in [0, 0.1) is 0 Å². The van der Waals surface area contributed by atoms with E-state index < -0.39 is 18.0 Å². The molecule has 92 valence electrons. The van der Waals surface area contributed by atoms with Gasteiger partial charge in [0.1, 0.15) is 6.04 Å². The van der Waals surface area contributed by atoms with Crippen molar-refractivity contribution in [3.8, 4) is 0 Å². The molecule has 4 N–H and O–H groups in total. The molecule has 0 aromatic heterocycles. The summed E-state index contributed by atoms with van der Waals surface area (Å²) in [5, 5.41) is 17.4. The third-order valence-corrected chi connectivity index (χ3v) is 2.47. The Bertz CT molecular complexity index is 417. The van der Waals surface area contributed by atoms with Gasteiger partial charge in [-0.1, -0.05) is 12.1 Å². The molecule has 1 unspecified atom stereocenters. The number of carboxylic acids is 2. The van der Waals surface area contributed by atoms with Crippen molar-refractivity contribution in [2.75, 3.05) is 0 Å². The number of hydrogen-bond donors (Lipinski definition) is 3. The molecule has 1 aromatic carbocycles.